The minimum absolute atomic E-state index is 0.218. The van der Waals surface area contributed by atoms with E-state index in [0.717, 1.165) is 11.3 Å². The number of hydrogen-bond donors (Lipinski definition) is 1. The van der Waals surface area contributed by atoms with Crippen LogP contribution in [0, 0.1) is 18.8 Å². The number of benzene rings is 2. The Hall–Kier alpha value is -3.46. The summed E-state index contributed by atoms with van der Waals surface area (Å²) in [7, 11) is 0. The number of fused-ring (bicyclic) bond motifs is 2. The molecule has 4 aliphatic rings. The fraction of sp³-hybridized carbons (Fsp3) is 0.424. The van der Waals surface area contributed by atoms with Crippen molar-refractivity contribution in [3.63, 3.8) is 0 Å². The maximum absolute atomic E-state index is 14.8. The Kier molecular flexibility index (Phi) is 7.28. The second-order valence-electron chi connectivity index (χ2n) is 11.6. The van der Waals surface area contributed by atoms with E-state index in [2.05, 4.69) is 0 Å². The van der Waals surface area contributed by atoms with E-state index in [9.17, 15) is 19.5 Å². The van der Waals surface area contributed by atoms with Gasteiger partial charge in [0.15, 0.2) is 0 Å². The van der Waals surface area contributed by atoms with Crippen molar-refractivity contribution in [3.05, 3.63) is 83.4 Å². The van der Waals surface area contributed by atoms with Crippen LogP contribution in [-0.2, 0) is 19.1 Å². The molecule has 4 aliphatic heterocycles. The number of aliphatic hydroxyl groups is 1. The molecule has 42 heavy (non-hydrogen) atoms. The van der Waals surface area contributed by atoms with Crippen molar-refractivity contribution >= 4 is 40.7 Å². The molecule has 1 N–H and O–H groups in total. The number of anilines is 2. The van der Waals surface area contributed by atoms with Crippen molar-refractivity contribution < 1.29 is 24.2 Å². The first-order chi connectivity index (χ1) is 20.2. The van der Waals surface area contributed by atoms with Crippen LogP contribution in [0.25, 0.3) is 0 Å². The molecular formula is C33H36ClN3O5. The maximum atomic E-state index is 14.8. The van der Waals surface area contributed by atoms with Crippen molar-refractivity contribution in [3.8, 4) is 0 Å². The molecule has 6 rings (SSSR count). The molecule has 1 unspecified atom stereocenters. The topological polar surface area (TPSA) is 90.4 Å². The summed E-state index contributed by atoms with van der Waals surface area (Å²) in [5.41, 5.74) is -0.384. The van der Waals surface area contributed by atoms with Crippen LogP contribution in [0.1, 0.15) is 32.3 Å². The fourth-order valence-corrected chi connectivity index (χ4v) is 7.84. The van der Waals surface area contributed by atoms with Crippen LogP contribution < -0.4 is 9.80 Å². The number of ether oxygens (including phenoxy) is 1. The molecule has 0 bridgehead atoms. The van der Waals surface area contributed by atoms with Crippen molar-refractivity contribution in [1.29, 1.82) is 0 Å². The first-order valence-corrected chi connectivity index (χ1v) is 15.0. The summed E-state index contributed by atoms with van der Waals surface area (Å²) in [6, 6.07) is 13.1. The quantitative estimate of drug-likeness (QED) is 0.508. The first-order valence-electron chi connectivity index (χ1n) is 14.7. The Labute approximate surface area is 251 Å². The third-order valence-electron chi connectivity index (χ3n) is 9.48. The van der Waals surface area contributed by atoms with Crippen LogP contribution in [-0.4, -0.2) is 70.7 Å². The van der Waals surface area contributed by atoms with Gasteiger partial charge in [0.1, 0.15) is 11.6 Å². The minimum atomic E-state index is -1.42. The van der Waals surface area contributed by atoms with Crippen LogP contribution in [0.4, 0.5) is 11.4 Å². The number of halogens is 1. The number of carbonyl (C=O) groups excluding carboxylic acids is 3. The predicted molar refractivity (Wildman–Crippen MR) is 161 cm³/mol. The molecule has 9 heteroatoms. The van der Waals surface area contributed by atoms with E-state index in [1.165, 1.54) is 4.90 Å². The van der Waals surface area contributed by atoms with Crippen LogP contribution >= 0.6 is 11.6 Å². The third-order valence-corrected chi connectivity index (χ3v) is 9.78. The van der Waals surface area contributed by atoms with Crippen LogP contribution in [0.5, 0.6) is 0 Å². The second kappa shape index (κ2) is 10.7. The lowest BCUT2D eigenvalue weighted by molar-refractivity contribution is -0.149. The SMILES string of the molecule is CC[C@@H](CO)N1C(=O)[C@@H]2[C@H]3C(=O)N(c4ccccc4)CC=C[C@@]3(CC)O[C@@]23C=CCN(c2c(C)cccc2Cl)C(=O)C13. The predicted octanol–water partition coefficient (Wildman–Crippen LogP) is 4.29. The molecule has 1 spiro atoms. The molecule has 0 aromatic heterocycles. The number of aryl methyl sites for hydroxylation is 1. The number of hydrogen-bond acceptors (Lipinski definition) is 5. The van der Waals surface area contributed by atoms with Gasteiger partial charge in [-0.05, 0) is 43.5 Å². The fourth-order valence-electron chi connectivity index (χ4n) is 7.51. The maximum Gasteiger partial charge on any atom is 0.253 e. The number of rotatable bonds is 6. The molecule has 0 radical (unpaired) electrons. The Balaban J connectivity index is 1.54. The van der Waals surface area contributed by atoms with Crippen molar-refractivity contribution in [1.82, 2.24) is 4.90 Å². The van der Waals surface area contributed by atoms with Gasteiger partial charge in [0.05, 0.1) is 40.8 Å². The molecule has 220 valence electrons. The van der Waals surface area contributed by atoms with Gasteiger partial charge in [-0.1, -0.05) is 80.1 Å². The highest BCUT2D eigenvalue weighted by Crippen LogP contribution is 2.59. The van der Waals surface area contributed by atoms with Gasteiger partial charge in [-0.25, -0.2) is 0 Å². The van der Waals surface area contributed by atoms with Gasteiger partial charge >= 0.3 is 0 Å². The van der Waals surface area contributed by atoms with Crippen LogP contribution in [0.3, 0.4) is 0 Å². The van der Waals surface area contributed by atoms with E-state index in [-0.39, 0.29) is 30.9 Å². The van der Waals surface area contributed by atoms with Gasteiger partial charge < -0.3 is 24.5 Å². The molecule has 4 heterocycles. The Morgan fingerprint density at radius 1 is 0.929 bits per heavy atom. The van der Waals surface area contributed by atoms with Gasteiger partial charge in [0, 0.05) is 18.8 Å². The third kappa shape index (κ3) is 3.99. The number of amides is 3. The molecule has 0 saturated carbocycles. The summed E-state index contributed by atoms with van der Waals surface area (Å²) >= 11 is 6.64. The van der Waals surface area contributed by atoms with E-state index in [4.69, 9.17) is 16.3 Å². The summed E-state index contributed by atoms with van der Waals surface area (Å²) in [5.74, 6) is -2.75. The lowest BCUT2D eigenvalue weighted by atomic mass is 9.73. The normalized spacial score (nSPS) is 31.1. The van der Waals surface area contributed by atoms with Gasteiger partial charge in [0.2, 0.25) is 11.8 Å². The summed E-state index contributed by atoms with van der Waals surface area (Å²) in [6.07, 6.45) is 8.39. The monoisotopic (exact) mass is 589 g/mol. The number of para-hydroxylation sites is 2. The van der Waals surface area contributed by atoms with Gasteiger partial charge in [0.25, 0.3) is 5.91 Å². The molecule has 2 fully saturated rings. The van der Waals surface area contributed by atoms with Crippen molar-refractivity contribution in [2.75, 3.05) is 29.5 Å². The van der Waals surface area contributed by atoms with E-state index in [1.807, 2.05) is 87.5 Å². The smallest absolute Gasteiger partial charge is 0.253 e. The zero-order chi connectivity index (χ0) is 29.8. The molecule has 2 aromatic carbocycles. The Morgan fingerprint density at radius 2 is 1.64 bits per heavy atom. The summed E-state index contributed by atoms with van der Waals surface area (Å²) in [6.45, 7) is 5.95. The van der Waals surface area contributed by atoms with Gasteiger partial charge in [-0.15, -0.1) is 0 Å². The average Bonchev–Trinajstić information content (AvgIpc) is 3.28. The molecule has 2 aromatic rings. The van der Waals surface area contributed by atoms with E-state index in [1.54, 1.807) is 15.9 Å². The zero-order valence-corrected chi connectivity index (χ0v) is 24.8. The van der Waals surface area contributed by atoms with Crippen molar-refractivity contribution in [2.24, 2.45) is 11.8 Å². The van der Waals surface area contributed by atoms with Crippen molar-refractivity contribution in [2.45, 2.75) is 56.9 Å². The van der Waals surface area contributed by atoms with Gasteiger partial charge in [-0.3, -0.25) is 14.4 Å². The number of carbonyl (C=O) groups is 3. The van der Waals surface area contributed by atoms with Crippen LogP contribution in [0.15, 0.2) is 72.8 Å². The molecule has 3 amide bonds. The minimum Gasteiger partial charge on any atom is -0.394 e. The Bertz CT molecular complexity index is 1450. The molecule has 2 saturated heterocycles. The first kappa shape index (κ1) is 28.6. The average molecular weight is 590 g/mol. The summed E-state index contributed by atoms with van der Waals surface area (Å²) < 4.78 is 7.04. The lowest BCUT2D eigenvalue weighted by Crippen LogP contribution is -2.59. The van der Waals surface area contributed by atoms with E-state index < -0.39 is 35.1 Å². The largest absolute Gasteiger partial charge is 0.394 e. The number of aliphatic hydroxyl groups excluding tert-OH is 1. The highest BCUT2D eigenvalue weighted by atomic mass is 35.5. The van der Waals surface area contributed by atoms with E-state index in [0.29, 0.717) is 30.1 Å². The van der Waals surface area contributed by atoms with E-state index >= 15 is 0 Å². The van der Waals surface area contributed by atoms with Gasteiger partial charge in [-0.2, -0.15) is 0 Å². The highest BCUT2D eigenvalue weighted by Gasteiger charge is 2.76. The van der Waals surface area contributed by atoms with Crippen LogP contribution in [0.2, 0.25) is 5.02 Å². The zero-order valence-electron chi connectivity index (χ0n) is 24.1. The number of likely N-dealkylation sites (tertiary alicyclic amines) is 1. The summed E-state index contributed by atoms with van der Waals surface area (Å²) in [4.78, 5) is 48.8. The number of nitrogens with zero attached hydrogens (tertiary/aromatic N) is 3. The Morgan fingerprint density at radius 3 is 2.31 bits per heavy atom. The second-order valence-corrected chi connectivity index (χ2v) is 12.0. The lowest BCUT2D eigenvalue weighted by Gasteiger charge is -2.40. The molecular weight excluding hydrogens is 554 g/mol. The molecule has 8 nitrogen and oxygen atoms in total. The standard InChI is InChI=1S/C33H36ClN3O5/c1-4-22(20-38)37-28-31(41)36(27-21(3)12-9-15-24(27)34)19-11-17-33(28)26(30(37)40)25-29(39)35(23-13-7-6-8-14-23)18-10-16-32(25,5-2)42-33/h6-17,22,25-26,28,38H,4-5,18-20H2,1-3H3/t22-,25-,26-,28?,32+,33-/m0/s1. The molecule has 0 aliphatic carbocycles. The highest BCUT2D eigenvalue weighted by molar-refractivity contribution is 6.34. The molecule has 6 atom stereocenters. The summed E-state index contributed by atoms with van der Waals surface area (Å²) in [5, 5.41) is 10.8.